The lowest BCUT2D eigenvalue weighted by molar-refractivity contribution is -0.611. The van der Waals surface area contributed by atoms with E-state index < -0.39 is 67.6 Å². The quantitative estimate of drug-likeness (QED) is 0.0150. The fourth-order valence-electron chi connectivity index (χ4n) is 7.73. The zero-order valence-corrected chi connectivity index (χ0v) is 56.5. The van der Waals surface area contributed by atoms with Gasteiger partial charge in [0.05, 0.1) is 54.2 Å². The molecular weight excluding hydrogens is 1370 g/mol. The Morgan fingerprint density at radius 3 is 1.45 bits per heavy atom. The summed E-state index contributed by atoms with van der Waals surface area (Å²) in [4.78, 5) is 97.2. The third kappa shape index (κ3) is 26.7. The molecule has 8 rings (SSSR count). The van der Waals surface area contributed by atoms with Crippen molar-refractivity contribution in [2.24, 2.45) is 0 Å². The van der Waals surface area contributed by atoms with Crippen LogP contribution in [0.25, 0.3) is 0 Å². The molecular formula is C57H73N15O22P4. The standard InChI is InChI=1S/C20H23N5O6.2C18H19N5O6.CH4.H2O4.H6P4/c1-4-10-30-15-9-7-8-14(12-15)13-24(20(26)29-6-3)18-16(25(27)28)17(21)22-19(23-18)31-11-5-2;2*1-2-27-18(24)22-11-12-6-5-7-13(10-12)28-8-3-4-9-29-17-20-15(19)14(23(25)26)16(22)21-17;;1-3-4-2;1-4(2)3/h4-5,7-9,12H,1-2,6,10-11,13H2,3H3,(H2,21,22,23);2*3-7,10H,2,8-9,11H2,1H3,(H2,19,20,21);1H4;1-2H;1-3H2/b;4-3+;4-3-;;;. The Hall–Kier alpha value is -10.4. The number of nitro groups is 3. The molecule has 0 spiro atoms. The molecule has 0 saturated carbocycles. The first-order valence-corrected chi connectivity index (χ1v) is 34.2. The van der Waals surface area contributed by atoms with E-state index in [4.69, 9.17) is 70.3 Å². The first-order chi connectivity index (χ1) is 46.5. The minimum Gasteiger partial charge on any atom is -0.490 e. The van der Waals surface area contributed by atoms with Crippen molar-refractivity contribution in [3.8, 4) is 35.3 Å². The summed E-state index contributed by atoms with van der Waals surface area (Å²) in [5, 5.41) is 53.9. The largest absolute Gasteiger partial charge is 0.490 e. The SMILES string of the molecule is C.C=CCOc1cccc(CN(C(=O)OCC)c2nc(OCC=C)nc(N)c2[N+](=O)[O-])c1.CCOC(=O)N1Cc2cccc(c2)OC/C=C/COc2nc(N)c([N+](=O)[O-])c1n2.CCOC(=O)N1Cc2cccc(c2)OC/C=C\COc2nc(N)c([N+](=O)[O-])c1n2.OOOO.PP(P)P. The third-order valence-electron chi connectivity index (χ3n) is 11.5. The Labute approximate surface area is 568 Å². The molecule has 6 aromatic rings. The molecule has 3 unspecified atom stereocenters. The summed E-state index contributed by atoms with van der Waals surface area (Å²) in [6, 6.07) is 20.2. The van der Waals surface area contributed by atoms with Gasteiger partial charge >= 0.3 is 53.4 Å². The monoisotopic (exact) mass is 1440 g/mol. The predicted molar refractivity (Wildman–Crippen MR) is 370 cm³/mol. The highest BCUT2D eigenvalue weighted by Crippen LogP contribution is 2.60. The second-order valence-electron chi connectivity index (χ2n) is 18.2. The van der Waals surface area contributed by atoms with Crippen molar-refractivity contribution in [1.82, 2.24) is 29.9 Å². The Morgan fingerprint density at radius 2 is 1.03 bits per heavy atom. The molecule has 8 bridgehead atoms. The van der Waals surface area contributed by atoms with Gasteiger partial charge in [-0.2, -0.15) is 29.9 Å². The van der Waals surface area contributed by atoms with Crippen LogP contribution in [-0.2, 0) is 43.9 Å². The summed E-state index contributed by atoms with van der Waals surface area (Å²) >= 11 is 0. The van der Waals surface area contributed by atoms with Gasteiger partial charge in [0.15, 0.2) is 0 Å². The first-order valence-electron chi connectivity index (χ1n) is 28.0. The van der Waals surface area contributed by atoms with Gasteiger partial charge in [-0.05, 0) is 115 Å². The number of nitrogens with two attached hydrogens (primary N) is 3. The second-order valence-corrected chi connectivity index (χ2v) is 29.9. The van der Waals surface area contributed by atoms with E-state index >= 15 is 0 Å². The molecule has 2 aliphatic rings. The highest BCUT2D eigenvalue weighted by atomic mass is 32.7. The Morgan fingerprint density at radius 1 is 0.612 bits per heavy atom. The van der Waals surface area contributed by atoms with Crippen LogP contribution < -0.4 is 60.3 Å². The van der Waals surface area contributed by atoms with Crippen LogP contribution >= 0.6 is 33.8 Å². The number of hydrogen-bond donors (Lipinski definition) is 5. The zero-order chi connectivity index (χ0) is 71.4. The van der Waals surface area contributed by atoms with Crippen LogP contribution in [0.1, 0.15) is 44.9 Å². The second kappa shape index (κ2) is 43.7. The number of nitrogen functional groups attached to an aromatic ring is 3. The third-order valence-corrected chi connectivity index (χ3v) is 11.5. The van der Waals surface area contributed by atoms with E-state index in [9.17, 15) is 44.7 Å². The number of rotatable bonds is 16. The summed E-state index contributed by atoms with van der Waals surface area (Å²) in [6.07, 6.45) is 7.40. The van der Waals surface area contributed by atoms with E-state index in [1.807, 2.05) is 0 Å². The fourth-order valence-corrected chi connectivity index (χ4v) is 7.73. The molecule has 3 aromatic heterocycles. The molecule has 8 N–H and O–H groups in total. The van der Waals surface area contributed by atoms with Crippen molar-refractivity contribution in [3.63, 3.8) is 0 Å². The van der Waals surface area contributed by atoms with Crippen LogP contribution in [0.4, 0.5) is 66.4 Å². The number of benzene rings is 3. The van der Waals surface area contributed by atoms with Crippen LogP contribution in [-0.4, -0.2) is 133 Å². The van der Waals surface area contributed by atoms with Gasteiger partial charge in [0.1, 0.15) is 56.9 Å². The number of nitrogens with zero attached hydrogens (tertiary/aromatic N) is 12. The molecule has 5 heterocycles. The Bertz CT molecular complexity index is 3560. The number of anilines is 6. The fraction of sp³-hybridized carbons (Fsp3) is 0.281. The van der Waals surface area contributed by atoms with Gasteiger partial charge < -0.3 is 59.8 Å². The lowest BCUT2D eigenvalue weighted by Gasteiger charge is -2.22. The smallest absolute Gasteiger partial charge is 0.415 e. The molecule has 528 valence electrons. The molecule has 0 fully saturated rings. The van der Waals surface area contributed by atoms with Gasteiger partial charge in [-0.1, -0.05) is 69.1 Å². The number of hydrogen-bond acceptors (Lipinski definition) is 31. The summed E-state index contributed by atoms with van der Waals surface area (Å²) in [5.41, 5.74) is 17.4. The minimum atomic E-state index is -0.851. The molecule has 2 aliphatic heterocycles. The predicted octanol–water partition coefficient (Wildman–Crippen LogP) is 10.5. The van der Waals surface area contributed by atoms with Crippen LogP contribution in [0.15, 0.2) is 122 Å². The van der Waals surface area contributed by atoms with E-state index in [0.29, 0.717) is 53.8 Å². The van der Waals surface area contributed by atoms with Gasteiger partial charge in [0.25, 0.3) is 0 Å². The summed E-state index contributed by atoms with van der Waals surface area (Å²) in [6.45, 7) is 13.2. The molecule has 3 amide bonds. The lowest BCUT2D eigenvalue weighted by atomic mass is 10.2. The van der Waals surface area contributed by atoms with E-state index in [-0.39, 0.29) is 109 Å². The maximum atomic E-state index is 12.7. The number of ether oxygens (including phenoxy) is 9. The van der Waals surface area contributed by atoms with Crippen molar-refractivity contribution in [2.75, 3.05) is 91.4 Å². The topological polar surface area (TPSA) is 488 Å². The van der Waals surface area contributed by atoms with E-state index in [1.165, 1.54) is 6.08 Å². The number of amides is 3. The molecule has 3 atom stereocenters. The van der Waals surface area contributed by atoms with Crippen molar-refractivity contribution in [3.05, 3.63) is 169 Å². The van der Waals surface area contributed by atoms with Crippen molar-refractivity contribution >= 4 is 104 Å². The van der Waals surface area contributed by atoms with Crippen molar-refractivity contribution < 1.29 is 92.4 Å². The molecule has 0 saturated heterocycles. The molecule has 3 aromatic carbocycles. The summed E-state index contributed by atoms with van der Waals surface area (Å²) < 4.78 is 48.1. The van der Waals surface area contributed by atoms with Crippen molar-refractivity contribution in [2.45, 2.75) is 47.8 Å². The zero-order valence-electron chi connectivity index (χ0n) is 52.1. The maximum absolute atomic E-state index is 12.7. The highest BCUT2D eigenvalue weighted by molar-refractivity contribution is 8.65. The van der Waals surface area contributed by atoms with Crippen LogP contribution in [0, 0.1) is 30.3 Å². The highest BCUT2D eigenvalue weighted by Gasteiger charge is 2.36. The van der Waals surface area contributed by atoms with Crippen LogP contribution in [0.2, 0.25) is 0 Å². The normalized spacial score (nSPS) is 12.6. The number of aromatic nitrogens is 6. The minimum absolute atomic E-state index is 0. The average Bonchev–Trinajstić information content (AvgIpc) is 0.807. The average molecular weight is 1440 g/mol. The number of carbonyl (C=O) groups excluding carboxylic acids is 3. The van der Waals surface area contributed by atoms with Gasteiger partial charge in [-0.25, -0.2) is 24.9 Å². The van der Waals surface area contributed by atoms with E-state index in [0.717, 1.165) is 14.7 Å². The Balaban J connectivity index is 0.000000360. The molecule has 37 nitrogen and oxygen atoms in total. The number of carbonyl (C=O) groups is 3. The summed E-state index contributed by atoms with van der Waals surface area (Å²) in [7, 11) is 7.94. The Kier molecular flexibility index (Phi) is 36.5. The molecule has 0 radical (unpaired) electrons. The van der Waals surface area contributed by atoms with Gasteiger partial charge in [0.2, 0.25) is 34.9 Å². The van der Waals surface area contributed by atoms with E-state index in [1.54, 1.807) is 124 Å². The lowest BCUT2D eigenvalue weighted by Crippen LogP contribution is -2.33. The molecule has 0 aliphatic carbocycles. The van der Waals surface area contributed by atoms with Gasteiger partial charge in [0, 0.05) is 0 Å². The van der Waals surface area contributed by atoms with Crippen LogP contribution in [0.5, 0.6) is 35.3 Å². The van der Waals surface area contributed by atoms with Crippen molar-refractivity contribution in [1.29, 1.82) is 0 Å². The van der Waals surface area contributed by atoms with Crippen LogP contribution in [0.3, 0.4) is 0 Å². The van der Waals surface area contributed by atoms with E-state index in [2.05, 4.69) is 79.9 Å². The molecule has 98 heavy (non-hydrogen) atoms. The van der Waals surface area contributed by atoms with Gasteiger partial charge in [-0.15, -0.1) is 26.8 Å². The van der Waals surface area contributed by atoms with Gasteiger partial charge in [-0.3, -0.25) is 45.0 Å². The molecule has 41 heteroatoms. The summed E-state index contributed by atoms with van der Waals surface area (Å²) in [5.74, 6) is -0.592. The first kappa shape index (κ1) is 81.9. The number of fused-ring (bicyclic) bond motifs is 8. The maximum Gasteiger partial charge on any atom is 0.415 e.